The summed E-state index contributed by atoms with van der Waals surface area (Å²) in [6, 6.07) is 10.8. The van der Waals surface area contributed by atoms with Crippen molar-refractivity contribution in [1.29, 1.82) is 0 Å². The summed E-state index contributed by atoms with van der Waals surface area (Å²) in [6.45, 7) is 2.65. The number of piperidine rings is 1. The van der Waals surface area contributed by atoms with Gasteiger partial charge in [0.25, 0.3) is 0 Å². The van der Waals surface area contributed by atoms with Gasteiger partial charge in [-0.15, -0.1) is 13.2 Å². The van der Waals surface area contributed by atoms with Crippen molar-refractivity contribution in [2.24, 2.45) is 11.8 Å². The van der Waals surface area contributed by atoms with Crippen LogP contribution in [0.25, 0.3) is 17.1 Å². The third-order valence-electron chi connectivity index (χ3n) is 6.66. The predicted molar refractivity (Wildman–Crippen MR) is 121 cm³/mol. The number of hydrogen-bond donors (Lipinski definition) is 2. The van der Waals surface area contributed by atoms with Crippen molar-refractivity contribution in [3.05, 3.63) is 59.7 Å². The van der Waals surface area contributed by atoms with Gasteiger partial charge in [0.05, 0.1) is 0 Å². The largest absolute Gasteiger partial charge is 0.573 e. The summed E-state index contributed by atoms with van der Waals surface area (Å²) in [5, 5.41) is 21.6. The van der Waals surface area contributed by atoms with Crippen LogP contribution in [-0.4, -0.2) is 68.8 Å². The Morgan fingerprint density at radius 3 is 2.60 bits per heavy atom. The van der Waals surface area contributed by atoms with E-state index >= 15 is 0 Å². The summed E-state index contributed by atoms with van der Waals surface area (Å²) >= 11 is 0. The van der Waals surface area contributed by atoms with E-state index in [2.05, 4.69) is 20.1 Å². The predicted octanol–water partition coefficient (Wildman–Crippen LogP) is 3.34. The molecule has 0 bridgehead atoms. The number of aromatic nitrogens is 3. The molecule has 2 N–H and O–H groups in total. The number of aliphatic hydroxyl groups is 1. The Morgan fingerprint density at radius 1 is 1.09 bits per heavy atom. The van der Waals surface area contributed by atoms with Crippen LogP contribution in [0.5, 0.6) is 5.75 Å². The van der Waals surface area contributed by atoms with E-state index in [0.717, 1.165) is 24.0 Å². The average Bonchev–Trinajstić information content (AvgIpc) is 3.48. The quantitative estimate of drug-likeness (QED) is 0.536. The summed E-state index contributed by atoms with van der Waals surface area (Å²) in [4.78, 5) is 16.6. The van der Waals surface area contributed by atoms with Crippen molar-refractivity contribution in [3.63, 3.8) is 0 Å². The van der Waals surface area contributed by atoms with Crippen LogP contribution in [0.2, 0.25) is 0 Å². The number of alkyl halides is 3. The lowest BCUT2D eigenvalue weighted by molar-refractivity contribution is -0.274. The van der Waals surface area contributed by atoms with E-state index in [0.29, 0.717) is 36.6 Å². The minimum absolute atomic E-state index is 0.140. The standard InChI is InChI=1S/C24H24F3N5O3/c25-24(26,27)35-19-5-1-15(2-6-19)3-8-22(33)32-12-17-9-10-31(13-18(17)14-32)23(34)16-4-7-20-21(11-16)29-30-28-20/h1-8,11,17-18,23,34H,9-10,12-14H2,(H,28,29,30)/b8-3+/t17-,18-,23?/m1/s1. The monoisotopic (exact) mass is 487 g/mol. The minimum Gasteiger partial charge on any atom is -0.406 e. The maximum Gasteiger partial charge on any atom is 0.573 e. The van der Waals surface area contributed by atoms with Crippen LogP contribution in [0, 0.1) is 11.8 Å². The highest BCUT2D eigenvalue weighted by Gasteiger charge is 2.40. The minimum atomic E-state index is -4.74. The molecule has 0 aliphatic carbocycles. The molecule has 3 aromatic rings. The van der Waals surface area contributed by atoms with E-state index in [1.54, 1.807) is 11.0 Å². The number of rotatable bonds is 5. The molecule has 8 nitrogen and oxygen atoms in total. The third-order valence-corrected chi connectivity index (χ3v) is 6.66. The number of carbonyl (C=O) groups excluding carboxylic acids is 1. The Labute approximate surface area is 199 Å². The molecule has 184 valence electrons. The zero-order valence-corrected chi connectivity index (χ0v) is 18.7. The topological polar surface area (TPSA) is 94.6 Å². The summed E-state index contributed by atoms with van der Waals surface area (Å²) in [6.07, 6.45) is -1.60. The third kappa shape index (κ3) is 5.30. The van der Waals surface area contributed by atoms with Crippen molar-refractivity contribution in [2.75, 3.05) is 26.2 Å². The number of carbonyl (C=O) groups is 1. The number of fused-ring (bicyclic) bond motifs is 2. The zero-order valence-electron chi connectivity index (χ0n) is 18.7. The Balaban J connectivity index is 1.17. The maximum atomic E-state index is 12.7. The second-order valence-electron chi connectivity index (χ2n) is 8.94. The first-order chi connectivity index (χ1) is 16.7. The number of amides is 1. The molecule has 3 atom stereocenters. The van der Waals surface area contributed by atoms with Gasteiger partial charge < -0.3 is 14.7 Å². The van der Waals surface area contributed by atoms with E-state index in [1.807, 2.05) is 23.1 Å². The van der Waals surface area contributed by atoms with E-state index in [-0.39, 0.29) is 17.6 Å². The SMILES string of the molecule is O=C(/C=C/c1ccc(OC(F)(F)F)cc1)N1C[C@H]2CCN(C(O)c3ccc4n[nH]nc4c3)C[C@@H]2C1. The van der Waals surface area contributed by atoms with Crippen LogP contribution in [0.15, 0.2) is 48.5 Å². The normalized spacial score (nSPS) is 22.0. The first-order valence-corrected chi connectivity index (χ1v) is 11.3. The van der Waals surface area contributed by atoms with Crippen molar-refractivity contribution >= 4 is 23.0 Å². The van der Waals surface area contributed by atoms with Gasteiger partial charge in [-0.25, -0.2) is 0 Å². The maximum absolute atomic E-state index is 12.7. The number of aromatic amines is 1. The molecule has 0 spiro atoms. The molecule has 2 aliphatic heterocycles. The molecule has 35 heavy (non-hydrogen) atoms. The second-order valence-corrected chi connectivity index (χ2v) is 8.94. The fraction of sp³-hybridized carbons (Fsp3) is 0.375. The number of aliphatic hydroxyl groups excluding tert-OH is 1. The average molecular weight is 487 g/mol. The molecule has 2 aromatic carbocycles. The highest BCUT2D eigenvalue weighted by Crippen LogP contribution is 2.34. The Hall–Kier alpha value is -3.44. The second kappa shape index (κ2) is 9.31. The number of benzene rings is 2. The number of nitrogens with zero attached hydrogens (tertiary/aromatic N) is 4. The highest BCUT2D eigenvalue weighted by molar-refractivity contribution is 5.92. The Morgan fingerprint density at radius 2 is 1.83 bits per heavy atom. The van der Waals surface area contributed by atoms with Gasteiger partial charge in [-0.1, -0.05) is 18.2 Å². The van der Waals surface area contributed by atoms with Gasteiger partial charge in [0.1, 0.15) is 23.0 Å². The molecule has 0 saturated carbocycles. The lowest BCUT2D eigenvalue weighted by Gasteiger charge is -2.37. The molecule has 11 heteroatoms. The van der Waals surface area contributed by atoms with Crippen molar-refractivity contribution < 1.29 is 27.8 Å². The molecule has 2 aliphatic rings. The van der Waals surface area contributed by atoms with E-state index in [4.69, 9.17) is 0 Å². The molecule has 3 heterocycles. The van der Waals surface area contributed by atoms with Gasteiger partial charge in [0, 0.05) is 32.3 Å². The number of ether oxygens (including phenoxy) is 1. The summed E-state index contributed by atoms with van der Waals surface area (Å²) < 4.78 is 40.7. The zero-order chi connectivity index (χ0) is 24.6. The van der Waals surface area contributed by atoms with Crippen LogP contribution in [-0.2, 0) is 4.79 Å². The Bertz CT molecular complexity index is 1230. The highest BCUT2D eigenvalue weighted by atomic mass is 19.4. The molecule has 1 amide bonds. The van der Waals surface area contributed by atoms with E-state index in [1.165, 1.54) is 30.3 Å². The molecule has 5 rings (SSSR count). The van der Waals surface area contributed by atoms with Crippen LogP contribution in [0.4, 0.5) is 13.2 Å². The number of nitrogens with one attached hydrogen (secondary N) is 1. The van der Waals surface area contributed by atoms with Gasteiger partial charge in [-0.3, -0.25) is 9.69 Å². The smallest absolute Gasteiger partial charge is 0.406 e. The summed E-state index contributed by atoms with van der Waals surface area (Å²) in [5.41, 5.74) is 2.79. The van der Waals surface area contributed by atoms with Crippen LogP contribution < -0.4 is 4.74 Å². The molecular formula is C24H24F3N5O3. The van der Waals surface area contributed by atoms with Gasteiger partial charge in [0.15, 0.2) is 0 Å². The van der Waals surface area contributed by atoms with E-state index in [9.17, 15) is 23.1 Å². The van der Waals surface area contributed by atoms with Crippen molar-refractivity contribution in [1.82, 2.24) is 25.2 Å². The number of hydrogen-bond acceptors (Lipinski definition) is 6. The molecule has 2 saturated heterocycles. The molecule has 0 radical (unpaired) electrons. The van der Waals surface area contributed by atoms with Gasteiger partial charge >= 0.3 is 6.36 Å². The van der Waals surface area contributed by atoms with Crippen LogP contribution in [0.1, 0.15) is 23.8 Å². The summed E-state index contributed by atoms with van der Waals surface area (Å²) in [5.74, 6) is 0.175. The lowest BCUT2D eigenvalue weighted by Crippen LogP contribution is -2.42. The first kappa shape index (κ1) is 23.3. The van der Waals surface area contributed by atoms with E-state index < -0.39 is 12.6 Å². The van der Waals surface area contributed by atoms with Gasteiger partial charge in [0.2, 0.25) is 5.91 Å². The molecule has 1 aromatic heterocycles. The number of halogens is 3. The van der Waals surface area contributed by atoms with Crippen molar-refractivity contribution in [3.8, 4) is 5.75 Å². The Kier molecular flexibility index (Phi) is 6.20. The molecular weight excluding hydrogens is 463 g/mol. The molecule has 2 fully saturated rings. The van der Waals surface area contributed by atoms with Crippen LogP contribution in [0.3, 0.4) is 0 Å². The van der Waals surface area contributed by atoms with Crippen molar-refractivity contribution in [2.45, 2.75) is 19.0 Å². The fourth-order valence-electron chi connectivity index (χ4n) is 4.88. The fourth-order valence-corrected chi connectivity index (χ4v) is 4.88. The van der Waals surface area contributed by atoms with Gasteiger partial charge in [-0.05, 0) is 59.7 Å². The summed E-state index contributed by atoms with van der Waals surface area (Å²) in [7, 11) is 0. The first-order valence-electron chi connectivity index (χ1n) is 11.3. The number of H-pyrrole nitrogens is 1. The molecule has 1 unspecified atom stereocenters. The van der Waals surface area contributed by atoms with Crippen LogP contribution >= 0.6 is 0 Å². The number of likely N-dealkylation sites (tertiary alicyclic amines) is 2. The lowest BCUT2D eigenvalue weighted by atomic mass is 9.88. The van der Waals surface area contributed by atoms with Gasteiger partial charge in [-0.2, -0.15) is 15.4 Å².